The zero-order chi connectivity index (χ0) is 19.1. The molecule has 0 spiro atoms. The van der Waals surface area contributed by atoms with Gasteiger partial charge in [-0.05, 0) is 25.3 Å². The van der Waals surface area contributed by atoms with Crippen molar-refractivity contribution in [2.75, 3.05) is 25.1 Å². The number of piperazine rings is 1. The van der Waals surface area contributed by atoms with Crippen LogP contribution in [0.15, 0.2) is 12.4 Å². The molecule has 0 N–H and O–H groups in total. The first-order valence-electron chi connectivity index (χ1n) is 9.41. The summed E-state index contributed by atoms with van der Waals surface area (Å²) in [4.78, 5) is 29.1. The summed E-state index contributed by atoms with van der Waals surface area (Å²) in [7, 11) is 1.41. The molecule has 2 aromatic heterocycles. The number of aryl methyl sites for hydroxylation is 1. The van der Waals surface area contributed by atoms with Gasteiger partial charge in [0.05, 0.1) is 37.0 Å². The second-order valence-electron chi connectivity index (χ2n) is 7.15. The van der Waals surface area contributed by atoms with Crippen LogP contribution in [-0.4, -0.2) is 68.9 Å². The Bertz CT molecular complexity index is 881. The van der Waals surface area contributed by atoms with Crippen molar-refractivity contribution in [3.63, 3.8) is 0 Å². The Hall–Kier alpha value is -2.71. The van der Waals surface area contributed by atoms with E-state index >= 15 is 0 Å². The number of rotatable bonds is 4. The van der Waals surface area contributed by atoms with E-state index in [9.17, 15) is 9.59 Å². The Morgan fingerprint density at radius 1 is 1.37 bits per heavy atom. The van der Waals surface area contributed by atoms with Gasteiger partial charge in [-0.15, -0.1) is 10.2 Å². The quantitative estimate of drug-likeness (QED) is 0.729. The van der Waals surface area contributed by atoms with E-state index in [-0.39, 0.29) is 36.4 Å². The van der Waals surface area contributed by atoms with Crippen LogP contribution in [0.3, 0.4) is 0 Å². The topological polar surface area (TPSA) is 92.9 Å². The van der Waals surface area contributed by atoms with Crippen LogP contribution in [0.2, 0.25) is 0 Å². The van der Waals surface area contributed by atoms with E-state index in [2.05, 4.69) is 15.3 Å². The van der Waals surface area contributed by atoms with Crippen LogP contribution in [0.5, 0.6) is 0 Å². The molecule has 0 aliphatic carbocycles. The summed E-state index contributed by atoms with van der Waals surface area (Å²) in [5, 5.41) is 12.6. The molecule has 2 saturated heterocycles. The number of esters is 1. The molecule has 0 aromatic carbocycles. The van der Waals surface area contributed by atoms with Crippen LogP contribution >= 0.6 is 0 Å². The third kappa shape index (κ3) is 2.81. The van der Waals surface area contributed by atoms with Gasteiger partial charge in [0.25, 0.3) is 0 Å². The van der Waals surface area contributed by atoms with E-state index < -0.39 is 0 Å². The summed E-state index contributed by atoms with van der Waals surface area (Å²) >= 11 is 0. The number of anilines is 1. The third-order valence-corrected chi connectivity index (χ3v) is 5.71. The highest BCUT2D eigenvalue weighted by Gasteiger charge is 2.49. The number of carbonyl (C=O) groups is 2. The van der Waals surface area contributed by atoms with Crippen molar-refractivity contribution in [2.24, 2.45) is 5.92 Å². The maximum absolute atomic E-state index is 13.0. The second-order valence-corrected chi connectivity index (χ2v) is 7.15. The SMILES string of the molecule is CCc1cc(N2CC(=O)N3[C@@H](C[C@H](C(=O)OC)[C@@H]3CC)C2)c2nncn2n1. The molecule has 0 saturated carbocycles. The normalized spacial score (nSPS) is 25.1. The van der Waals surface area contributed by atoms with Crippen molar-refractivity contribution in [1.82, 2.24) is 24.7 Å². The highest BCUT2D eigenvalue weighted by atomic mass is 16.5. The third-order valence-electron chi connectivity index (χ3n) is 5.71. The molecule has 3 atom stereocenters. The Labute approximate surface area is 157 Å². The van der Waals surface area contributed by atoms with Gasteiger partial charge in [0.15, 0.2) is 0 Å². The van der Waals surface area contributed by atoms with E-state index in [0.717, 1.165) is 24.2 Å². The average Bonchev–Trinajstić information content (AvgIpc) is 3.30. The molecule has 4 heterocycles. The van der Waals surface area contributed by atoms with E-state index in [1.807, 2.05) is 29.7 Å². The lowest BCUT2D eigenvalue weighted by atomic mass is 9.97. The van der Waals surface area contributed by atoms with Gasteiger partial charge >= 0.3 is 5.97 Å². The molecule has 9 nitrogen and oxygen atoms in total. The first-order chi connectivity index (χ1) is 13.1. The summed E-state index contributed by atoms with van der Waals surface area (Å²) in [6, 6.07) is 1.88. The van der Waals surface area contributed by atoms with Crippen LogP contribution in [0, 0.1) is 5.92 Å². The number of methoxy groups -OCH3 is 1. The molecule has 27 heavy (non-hydrogen) atoms. The maximum Gasteiger partial charge on any atom is 0.310 e. The molecular formula is C18H24N6O3. The van der Waals surface area contributed by atoms with Gasteiger partial charge in [0.1, 0.15) is 6.33 Å². The van der Waals surface area contributed by atoms with Gasteiger partial charge in [-0.3, -0.25) is 9.59 Å². The van der Waals surface area contributed by atoms with Gasteiger partial charge in [0.2, 0.25) is 11.6 Å². The van der Waals surface area contributed by atoms with E-state index in [0.29, 0.717) is 18.6 Å². The molecule has 144 valence electrons. The largest absolute Gasteiger partial charge is 0.469 e. The minimum Gasteiger partial charge on any atom is -0.469 e. The Kier molecular flexibility index (Phi) is 4.45. The number of hydrogen-bond donors (Lipinski definition) is 0. The minimum absolute atomic E-state index is 0.0125. The lowest BCUT2D eigenvalue weighted by Crippen LogP contribution is -2.56. The summed E-state index contributed by atoms with van der Waals surface area (Å²) in [5.74, 6) is -0.449. The highest BCUT2D eigenvalue weighted by Crippen LogP contribution is 2.37. The molecule has 2 aliphatic heterocycles. The van der Waals surface area contributed by atoms with Crippen LogP contribution in [0.25, 0.3) is 5.65 Å². The van der Waals surface area contributed by atoms with Crippen LogP contribution in [0.4, 0.5) is 5.69 Å². The maximum atomic E-state index is 13.0. The average molecular weight is 372 g/mol. The van der Waals surface area contributed by atoms with E-state index in [1.165, 1.54) is 7.11 Å². The number of fused-ring (bicyclic) bond motifs is 2. The molecule has 1 amide bonds. The van der Waals surface area contributed by atoms with E-state index in [4.69, 9.17) is 4.74 Å². The highest BCUT2D eigenvalue weighted by molar-refractivity contribution is 5.87. The number of hydrogen-bond acceptors (Lipinski definition) is 7. The summed E-state index contributed by atoms with van der Waals surface area (Å²) < 4.78 is 6.63. The van der Waals surface area contributed by atoms with Crippen molar-refractivity contribution < 1.29 is 14.3 Å². The van der Waals surface area contributed by atoms with Crippen molar-refractivity contribution in [1.29, 1.82) is 0 Å². The van der Waals surface area contributed by atoms with Gasteiger partial charge < -0.3 is 14.5 Å². The monoisotopic (exact) mass is 372 g/mol. The predicted octanol–water partition coefficient (Wildman–Crippen LogP) is 0.675. The van der Waals surface area contributed by atoms with Gasteiger partial charge in [-0.2, -0.15) is 9.61 Å². The summed E-state index contributed by atoms with van der Waals surface area (Å²) in [5.41, 5.74) is 2.42. The zero-order valence-corrected chi connectivity index (χ0v) is 15.8. The standard InChI is InChI=1S/C18H24N6O3/c1-4-11-6-15(17-20-19-10-23(17)21-11)22-8-12-7-13(18(26)27-3)14(5-2)24(12)16(25)9-22/h6,10,12-14H,4-5,7-9H2,1-3H3/t12-,13-,14-/m0/s1. The number of ether oxygens (including phenoxy) is 1. The first kappa shape index (κ1) is 17.7. The Morgan fingerprint density at radius 2 is 2.19 bits per heavy atom. The number of nitrogens with zero attached hydrogens (tertiary/aromatic N) is 6. The zero-order valence-electron chi connectivity index (χ0n) is 15.8. The van der Waals surface area contributed by atoms with E-state index in [1.54, 1.807) is 10.8 Å². The number of aromatic nitrogens is 4. The minimum atomic E-state index is -0.259. The number of carbonyl (C=O) groups excluding carboxylic acids is 2. The molecule has 4 rings (SSSR count). The molecule has 2 aromatic rings. The van der Waals surface area contributed by atoms with Crippen LogP contribution in [0.1, 0.15) is 32.4 Å². The van der Waals surface area contributed by atoms with Crippen molar-refractivity contribution in [3.8, 4) is 0 Å². The van der Waals surface area contributed by atoms with Gasteiger partial charge in [-0.1, -0.05) is 13.8 Å². The smallest absolute Gasteiger partial charge is 0.310 e. The molecule has 0 radical (unpaired) electrons. The summed E-state index contributed by atoms with van der Waals surface area (Å²) in [6.07, 6.45) is 3.72. The van der Waals surface area contributed by atoms with Crippen molar-refractivity contribution >= 4 is 23.2 Å². The molecule has 0 unspecified atom stereocenters. The van der Waals surface area contributed by atoms with Crippen LogP contribution < -0.4 is 4.90 Å². The van der Waals surface area contributed by atoms with Crippen molar-refractivity contribution in [2.45, 2.75) is 45.2 Å². The molecular weight excluding hydrogens is 348 g/mol. The molecule has 0 bridgehead atoms. The van der Waals surface area contributed by atoms with Gasteiger partial charge in [0, 0.05) is 12.6 Å². The van der Waals surface area contributed by atoms with Crippen LogP contribution in [-0.2, 0) is 20.7 Å². The number of amides is 1. The summed E-state index contributed by atoms with van der Waals surface area (Å²) in [6.45, 7) is 4.97. The lowest BCUT2D eigenvalue weighted by molar-refractivity contribution is -0.146. The second kappa shape index (κ2) is 6.79. The van der Waals surface area contributed by atoms with Crippen molar-refractivity contribution in [3.05, 3.63) is 18.1 Å². The fraction of sp³-hybridized carbons (Fsp3) is 0.611. The Morgan fingerprint density at radius 3 is 2.89 bits per heavy atom. The molecule has 9 heteroatoms. The molecule has 2 fully saturated rings. The lowest BCUT2D eigenvalue weighted by Gasteiger charge is -2.40. The fourth-order valence-electron chi connectivity index (χ4n) is 4.48. The first-order valence-corrected chi connectivity index (χ1v) is 9.41. The van der Waals surface area contributed by atoms with Gasteiger partial charge in [-0.25, -0.2) is 0 Å². The fourth-order valence-corrected chi connectivity index (χ4v) is 4.48. The molecule has 2 aliphatic rings. The Balaban J connectivity index is 1.67. The predicted molar refractivity (Wildman–Crippen MR) is 97.2 cm³/mol.